The largest absolute Gasteiger partial charge is 0.460 e. The summed E-state index contributed by atoms with van der Waals surface area (Å²) in [5.74, 6) is -1.82. The van der Waals surface area contributed by atoms with Gasteiger partial charge in [0.2, 0.25) is 5.78 Å². The average molecular weight is 324 g/mol. The van der Waals surface area contributed by atoms with Crippen molar-refractivity contribution in [1.29, 1.82) is 0 Å². The first kappa shape index (κ1) is 16.4. The van der Waals surface area contributed by atoms with E-state index in [0.717, 1.165) is 11.1 Å². The van der Waals surface area contributed by atoms with Crippen LogP contribution in [0.1, 0.15) is 36.7 Å². The Kier molecular flexibility index (Phi) is 5.06. The molecule has 0 N–H and O–H groups in total. The SMILES string of the molecule is CCOC(=O)C(=O)[C@H]1C[C@@H](c2ccccc2)O[C@H]1c1ccccc1. The lowest BCUT2D eigenvalue weighted by Crippen LogP contribution is -2.28. The predicted molar refractivity (Wildman–Crippen MR) is 89.2 cm³/mol. The van der Waals surface area contributed by atoms with Gasteiger partial charge < -0.3 is 9.47 Å². The molecule has 124 valence electrons. The standard InChI is InChI=1S/C20H20O4/c1-2-23-20(22)18(21)16-13-17(14-9-5-3-6-10-14)24-19(16)15-11-7-4-8-12-15/h3-12,16-17,19H,2,13H2,1H3/t16-,17+,19+/m1/s1. The van der Waals surface area contributed by atoms with Crippen LogP contribution < -0.4 is 0 Å². The smallest absolute Gasteiger partial charge is 0.375 e. The van der Waals surface area contributed by atoms with Crippen LogP contribution in [0.25, 0.3) is 0 Å². The predicted octanol–water partition coefficient (Wildman–Crippen LogP) is 3.64. The lowest BCUT2D eigenvalue weighted by molar-refractivity contribution is -0.156. The monoisotopic (exact) mass is 324 g/mol. The fourth-order valence-electron chi connectivity index (χ4n) is 3.12. The van der Waals surface area contributed by atoms with E-state index in [4.69, 9.17) is 9.47 Å². The second kappa shape index (κ2) is 7.41. The molecule has 0 radical (unpaired) electrons. The molecular formula is C20H20O4. The van der Waals surface area contributed by atoms with Crippen molar-refractivity contribution >= 4 is 11.8 Å². The molecule has 0 unspecified atom stereocenters. The third kappa shape index (κ3) is 3.39. The van der Waals surface area contributed by atoms with E-state index in [1.54, 1.807) is 6.92 Å². The molecule has 0 aliphatic carbocycles. The van der Waals surface area contributed by atoms with Crippen LogP contribution in [0, 0.1) is 5.92 Å². The molecule has 3 rings (SSSR count). The van der Waals surface area contributed by atoms with E-state index < -0.39 is 23.8 Å². The van der Waals surface area contributed by atoms with Gasteiger partial charge >= 0.3 is 5.97 Å². The topological polar surface area (TPSA) is 52.6 Å². The van der Waals surface area contributed by atoms with Gasteiger partial charge in [0.15, 0.2) is 0 Å². The van der Waals surface area contributed by atoms with Crippen LogP contribution in [-0.2, 0) is 19.1 Å². The van der Waals surface area contributed by atoms with Gasteiger partial charge in [-0.2, -0.15) is 0 Å². The lowest BCUT2D eigenvalue weighted by Gasteiger charge is -2.17. The number of hydrogen-bond donors (Lipinski definition) is 0. The summed E-state index contributed by atoms with van der Waals surface area (Å²) in [6.45, 7) is 1.88. The molecule has 0 amide bonds. The molecule has 1 aliphatic rings. The average Bonchev–Trinajstić information content (AvgIpc) is 3.08. The Morgan fingerprint density at radius 2 is 1.58 bits per heavy atom. The summed E-state index contributed by atoms with van der Waals surface area (Å²) in [4.78, 5) is 24.5. The van der Waals surface area contributed by atoms with Gasteiger partial charge in [0.05, 0.1) is 24.7 Å². The molecule has 24 heavy (non-hydrogen) atoms. The molecule has 3 atom stereocenters. The van der Waals surface area contributed by atoms with E-state index in [1.807, 2.05) is 60.7 Å². The minimum atomic E-state index is -0.777. The van der Waals surface area contributed by atoms with E-state index in [0.29, 0.717) is 6.42 Å². The maximum absolute atomic E-state index is 12.5. The van der Waals surface area contributed by atoms with Gasteiger partial charge in [0, 0.05) is 0 Å². The lowest BCUT2D eigenvalue weighted by atomic mass is 9.89. The first-order chi connectivity index (χ1) is 11.7. The number of carbonyl (C=O) groups is 2. The molecule has 4 heteroatoms. The molecule has 0 spiro atoms. The third-order valence-corrected chi connectivity index (χ3v) is 4.26. The Labute approximate surface area is 141 Å². The second-order valence-electron chi connectivity index (χ2n) is 5.79. The molecule has 0 saturated carbocycles. The number of Topliss-reactive ketones (excluding diaryl/α,β-unsaturated/α-hetero) is 1. The van der Waals surface area contributed by atoms with E-state index in [-0.39, 0.29) is 12.7 Å². The maximum atomic E-state index is 12.5. The molecule has 1 heterocycles. The number of ether oxygens (including phenoxy) is 2. The Morgan fingerprint density at radius 3 is 2.17 bits per heavy atom. The van der Waals surface area contributed by atoms with Crippen molar-refractivity contribution in [1.82, 2.24) is 0 Å². The number of carbonyl (C=O) groups excluding carboxylic acids is 2. The summed E-state index contributed by atoms with van der Waals surface area (Å²) >= 11 is 0. The van der Waals surface area contributed by atoms with Crippen molar-refractivity contribution in [3.05, 3.63) is 71.8 Å². The molecule has 1 aliphatic heterocycles. The fraction of sp³-hybridized carbons (Fsp3) is 0.300. The van der Waals surface area contributed by atoms with Crippen LogP contribution in [0.5, 0.6) is 0 Å². The van der Waals surface area contributed by atoms with E-state index >= 15 is 0 Å². The Balaban J connectivity index is 1.88. The van der Waals surface area contributed by atoms with Gasteiger partial charge in [-0.3, -0.25) is 4.79 Å². The highest BCUT2D eigenvalue weighted by Crippen LogP contribution is 2.45. The number of esters is 1. The minimum absolute atomic E-state index is 0.191. The van der Waals surface area contributed by atoms with Crippen molar-refractivity contribution in [2.45, 2.75) is 25.6 Å². The summed E-state index contributed by atoms with van der Waals surface area (Å²) in [7, 11) is 0. The van der Waals surface area contributed by atoms with Crippen LogP contribution >= 0.6 is 0 Å². The Morgan fingerprint density at radius 1 is 1.00 bits per heavy atom. The van der Waals surface area contributed by atoms with E-state index in [1.165, 1.54) is 0 Å². The zero-order valence-corrected chi connectivity index (χ0v) is 13.6. The van der Waals surface area contributed by atoms with Crippen molar-refractivity contribution in [2.24, 2.45) is 5.92 Å². The molecule has 0 bridgehead atoms. The molecule has 1 fully saturated rings. The summed E-state index contributed by atoms with van der Waals surface area (Å²) in [6, 6.07) is 19.3. The third-order valence-electron chi connectivity index (χ3n) is 4.26. The summed E-state index contributed by atoms with van der Waals surface area (Å²) in [6.07, 6.45) is -0.172. The summed E-state index contributed by atoms with van der Waals surface area (Å²) < 4.78 is 11.1. The molecule has 1 saturated heterocycles. The Hall–Kier alpha value is -2.46. The van der Waals surface area contributed by atoms with Gasteiger partial charge in [0.25, 0.3) is 0 Å². The highest BCUT2D eigenvalue weighted by molar-refractivity contribution is 6.34. The van der Waals surface area contributed by atoms with Crippen molar-refractivity contribution in [3.63, 3.8) is 0 Å². The highest BCUT2D eigenvalue weighted by atomic mass is 16.5. The number of ketones is 1. The fourth-order valence-corrected chi connectivity index (χ4v) is 3.12. The number of rotatable bonds is 5. The summed E-state index contributed by atoms with van der Waals surface area (Å²) in [5.41, 5.74) is 1.91. The van der Waals surface area contributed by atoms with Crippen molar-refractivity contribution < 1.29 is 19.1 Å². The maximum Gasteiger partial charge on any atom is 0.375 e. The second-order valence-corrected chi connectivity index (χ2v) is 5.79. The van der Waals surface area contributed by atoms with Crippen LogP contribution in [-0.4, -0.2) is 18.4 Å². The van der Waals surface area contributed by atoms with E-state index in [9.17, 15) is 9.59 Å². The molecular weight excluding hydrogens is 304 g/mol. The van der Waals surface area contributed by atoms with Gasteiger partial charge in [-0.1, -0.05) is 60.7 Å². The number of hydrogen-bond acceptors (Lipinski definition) is 4. The van der Waals surface area contributed by atoms with Crippen LogP contribution in [0.15, 0.2) is 60.7 Å². The number of benzene rings is 2. The quantitative estimate of drug-likeness (QED) is 0.622. The Bertz CT molecular complexity index is 696. The van der Waals surface area contributed by atoms with Crippen LogP contribution in [0.4, 0.5) is 0 Å². The van der Waals surface area contributed by atoms with Crippen LogP contribution in [0.2, 0.25) is 0 Å². The minimum Gasteiger partial charge on any atom is -0.460 e. The highest BCUT2D eigenvalue weighted by Gasteiger charge is 2.43. The van der Waals surface area contributed by atoms with Gasteiger partial charge in [-0.05, 0) is 24.5 Å². The van der Waals surface area contributed by atoms with Crippen molar-refractivity contribution in [3.8, 4) is 0 Å². The zero-order chi connectivity index (χ0) is 16.9. The van der Waals surface area contributed by atoms with Gasteiger partial charge in [0.1, 0.15) is 0 Å². The first-order valence-electron chi connectivity index (χ1n) is 8.17. The summed E-state index contributed by atoms with van der Waals surface area (Å²) in [5, 5.41) is 0. The van der Waals surface area contributed by atoms with Crippen LogP contribution in [0.3, 0.4) is 0 Å². The van der Waals surface area contributed by atoms with E-state index in [2.05, 4.69) is 0 Å². The molecule has 4 nitrogen and oxygen atoms in total. The zero-order valence-electron chi connectivity index (χ0n) is 13.6. The van der Waals surface area contributed by atoms with Gasteiger partial charge in [-0.25, -0.2) is 4.79 Å². The molecule has 2 aromatic rings. The molecule has 0 aromatic heterocycles. The van der Waals surface area contributed by atoms with Crippen molar-refractivity contribution in [2.75, 3.05) is 6.61 Å². The first-order valence-corrected chi connectivity index (χ1v) is 8.17. The normalized spacial score (nSPS) is 23.0. The van der Waals surface area contributed by atoms with Gasteiger partial charge in [-0.15, -0.1) is 0 Å². The molecule has 2 aromatic carbocycles.